The third kappa shape index (κ3) is 11.1. The number of nitrogens with zero attached hydrogens (tertiary/aromatic N) is 3. The summed E-state index contributed by atoms with van der Waals surface area (Å²) in [5.41, 5.74) is 2.17. The molecule has 0 N–H and O–H groups in total. The molecule has 0 aromatic carbocycles. The monoisotopic (exact) mass is 497 g/mol. The first-order chi connectivity index (χ1) is 17.1. The Labute approximate surface area is 215 Å². The van der Waals surface area contributed by atoms with Crippen LogP contribution in [0.5, 0.6) is 11.8 Å². The third-order valence-electron chi connectivity index (χ3n) is 7.08. The lowest BCUT2D eigenvalue weighted by molar-refractivity contribution is 0.288. The molecule has 2 aromatic rings. The Morgan fingerprint density at radius 2 is 1.77 bits per heavy atom. The van der Waals surface area contributed by atoms with Gasteiger partial charge in [0.05, 0.1) is 17.9 Å². The highest BCUT2D eigenvalue weighted by Gasteiger charge is 2.20. The molecule has 1 aliphatic carbocycles. The molecule has 3 rings (SSSR count). The lowest BCUT2D eigenvalue weighted by atomic mass is 9.82. The van der Waals surface area contributed by atoms with E-state index in [1.54, 1.807) is 6.20 Å². The molecule has 2 aromatic heterocycles. The van der Waals surface area contributed by atoms with Gasteiger partial charge in [-0.3, -0.25) is 0 Å². The van der Waals surface area contributed by atoms with Crippen LogP contribution in [0.25, 0.3) is 11.3 Å². The fraction of sp³-hybridized carbons (Fsp3) is 0.690. The predicted molar refractivity (Wildman–Crippen MR) is 148 cm³/mol. The van der Waals surface area contributed by atoms with Crippen LogP contribution in [0.1, 0.15) is 104 Å². The SMILES string of the molecule is CCCCC(C)(C)CCCC[SiH2]Oc1ncccc1-c1ccc(OCCCCCCC2CC2)nn1. The van der Waals surface area contributed by atoms with E-state index in [1.165, 1.54) is 83.1 Å². The van der Waals surface area contributed by atoms with Crippen molar-refractivity contribution in [2.24, 2.45) is 11.3 Å². The maximum atomic E-state index is 6.18. The molecule has 0 atom stereocenters. The fourth-order valence-corrected chi connectivity index (χ4v) is 5.67. The molecule has 0 bridgehead atoms. The van der Waals surface area contributed by atoms with Gasteiger partial charge in [0.2, 0.25) is 21.5 Å². The average molecular weight is 498 g/mol. The molecule has 0 amide bonds. The normalized spacial score (nSPS) is 14.0. The lowest BCUT2D eigenvalue weighted by Crippen LogP contribution is -2.11. The second-order valence-electron chi connectivity index (χ2n) is 11.0. The minimum absolute atomic E-state index is 0.469. The summed E-state index contributed by atoms with van der Waals surface area (Å²) >= 11 is 0. The third-order valence-corrected chi connectivity index (χ3v) is 8.35. The van der Waals surface area contributed by atoms with Crippen LogP contribution in [-0.4, -0.2) is 31.6 Å². The number of aromatic nitrogens is 3. The number of pyridine rings is 1. The number of hydrogen-bond donors (Lipinski definition) is 0. The molecule has 1 saturated carbocycles. The van der Waals surface area contributed by atoms with Crippen LogP contribution < -0.4 is 9.16 Å². The molecule has 194 valence electrons. The van der Waals surface area contributed by atoms with E-state index in [-0.39, 0.29) is 0 Å². The van der Waals surface area contributed by atoms with Gasteiger partial charge in [0, 0.05) is 12.3 Å². The zero-order valence-electron chi connectivity index (χ0n) is 22.4. The van der Waals surface area contributed by atoms with Crippen LogP contribution in [0.4, 0.5) is 0 Å². The highest BCUT2D eigenvalue weighted by atomic mass is 28.2. The molecular weight excluding hydrogens is 450 g/mol. The van der Waals surface area contributed by atoms with Gasteiger partial charge in [0.25, 0.3) is 0 Å². The smallest absolute Gasteiger partial charge is 0.233 e. The summed E-state index contributed by atoms with van der Waals surface area (Å²) in [7, 11) is -0.658. The van der Waals surface area contributed by atoms with Crippen molar-refractivity contribution in [3.05, 3.63) is 30.5 Å². The van der Waals surface area contributed by atoms with Crippen molar-refractivity contribution in [1.29, 1.82) is 0 Å². The van der Waals surface area contributed by atoms with E-state index >= 15 is 0 Å². The first-order valence-electron chi connectivity index (χ1n) is 14.1. The fourth-order valence-electron chi connectivity index (χ4n) is 4.54. The first kappa shape index (κ1) is 27.6. The van der Waals surface area contributed by atoms with Crippen LogP contribution >= 0.6 is 0 Å². The van der Waals surface area contributed by atoms with Crippen molar-refractivity contribution in [2.45, 2.75) is 110 Å². The van der Waals surface area contributed by atoms with Gasteiger partial charge >= 0.3 is 0 Å². The molecule has 35 heavy (non-hydrogen) atoms. The molecule has 6 heteroatoms. The van der Waals surface area contributed by atoms with Crippen molar-refractivity contribution in [1.82, 2.24) is 15.2 Å². The maximum Gasteiger partial charge on any atom is 0.233 e. The van der Waals surface area contributed by atoms with E-state index in [0.29, 0.717) is 23.8 Å². The first-order valence-corrected chi connectivity index (χ1v) is 15.7. The standard InChI is InChI=1S/C29H47N3O2Si/c1-4-5-19-29(2,3)20-9-11-23-35-34-28-25(14-12-21-30-28)26-17-18-27(32-31-26)33-22-10-7-6-8-13-24-15-16-24/h12,14,17-18,21,24H,4-11,13,15-16,19-20,22-23,35H2,1-3H3. The summed E-state index contributed by atoms with van der Waals surface area (Å²) in [6.07, 6.45) is 18.9. The van der Waals surface area contributed by atoms with Gasteiger partial charge in [-0.05, 0) is 54.8 Å². The van der Waals surface area contributed by atoms with Gasteiger partial charge < -0.3 is 9.16 Å². The van der Waals surface area contributed by atoms with E-state index in [9.17, 15) is 0 Å². The van der Waals surface area contributed by atoms with Crippen molar-refractivity contribution >= 4 is 9.76 Å². The van der Waals surface area contributed by atoms with Crippen molar-refractivity contribution < 1.29 is 9.16 Å². The molecule has 0 spiro atoms. The molecule has 5 nitrogen and oxygen atoms in total. The summed E-state index contributed by atoms with van der Waals surface area (Å²) in [4.78, 5) is 4.48. The van der Waals surface area contributed by atoms with Crippen molar-refractivity contribution in [3.63, 3.8) is 0 Å². The highest BCUT2D eigenvalue weighted by molar-refractivity contribution is 6.28. The molecule has 0 radical (unpaired) electrons. The summed E-state index contributed by atoms with van der Waals surface area (Å²) in [6, 6.07) is 8.99. The summed E-state index contributed by atoms with van der Waals surface area (Å²) in [5.74, 6) is 2.33. The Morgan fingerprint density at radius 3 is 2.54 bits per heavy atom. The molecule has 1 aliphatic rings. The molecule has 0 saturated heterocycles. The number of rotatable bonds is 19. The molecule has 0 unspecified atom stereocenters. The molecular formula is C29H47N3O2Si. The summed E-state index contributed by atoms with van der Waals surface area (Å²) < 4.78 is 12.0. The Kier molecular flexibility index (Phi) is 12.0. The van der Waals surface area contributed by atoms with Crippen LogP contribution in [0.15, 0.2) is 30.5 Å². The Bertz CT molecular complexity index is 840. The van der Waals surface area contributed by atoms with Crippen LogP contribution in [0.2, 0.25) is 6.04 Å². The minimum atomic E-state index is -0.658. The van der Waals surface area contributed by atoms with Crippen LogP contribution in [-0.2, 0) is 0 Å². The van der Waals surface area contributed by atoms with Gasteiger partial charge in [0.15, 0.2) is 0 Å². The second kappa shape index (κ2) is 15.2. The number of ether oxygens (including phenoxy) is 1. The van der Waals surface area contributed by atoms with Gasteiger partial charge in [-0.25, -0.2) is 4.98 Å². The van der Waals surface area contributed by atoms with Gasteiger partial charge in [-0.15, -0.1) is 10.2 Å². The number of unbranched alkanes of at least 4 members (excludes halogenated alkanes) is 5. The highest BCUT2D eigenvalue weighted by Crippen LogP contribution is 2.34. The molecule has 1 fully saturated rings. The Hall–Kier alpha value is -1.95. The van der Waals surface area contributed by atoms with E-state index in [1.807, 2.05) is 24.3 Å². The largest absolute Gasteiger partial charge is 0.536 e. The van der Waals surface area contributed by atoms with Crippen molar-refractivity contribution in [2.75, 3.05) is 6.61 Å². The second-order valence-corrected chi connectivity index (χ2v) is 12.4. The Balaban J connectivity index is 1.35. The quantitative estimate of drug-likeness (QED) is 0.148. The zero-order chi connectivity index (χ0) is 24.8. The topological polar surface area (TPSA) is 57.1 Å². The van der Waals surface area contributed by atoms with Crippen molar-refractivity contribution in [3.8, 4) is 23.0 Å². The van der Waals surface area contributed by atoms with Crippen LogP contribution in [0.3, 0.4) is 0 Å². The predicted octanol–water partition coefficient (Wildman–Crippen LogP) is 7.55. The van der Waals surface area contributed by atoms with Gasteiger partial charge in [0.1, 0.15) is 0 Å². The average Bonchev–Trinajstić information content (AvgIpc) is 3.69. The number of hydrogen-bond acceptors (Lipinski definition) is 5. The van der Waals surface area contributed by atoms with E-state index in [4.69, 9.17) is 9.16 Å². The van der Waals surface area contributed by atoms with E-state index < -0.39 is 9.76 Å². The Morgan fingerprint density at radius 1 is 0.943 bits per heavy atom. The zero-order valence-corrected chi connectivity index (χ0v) is 23.9. The molecule has 0 aliphatic heterocycles. The minimum Gasteiger partial charge on any atom is -0.536 e. The summed E-state index contributed by atoms with van der Waals surface area (Å²) in [5, 5.41) is 8.68. The van der Waals surface area contributed by atoms with Crippen LogP contribution in [0, 0.1) is 11.3 Å². The molecule has 2 heterocycles. The van der Waals surface area contributed by atoms with E-state index in [2.05, 4.69) is 36.0 Å². The van der Waals surface area contributed by atoms with E-state index in [0.717, 1.165) is 23.6 Å². The maximum absolute atomic E-state index is 6.18. The van der Waals surface area contributed by atoms with Gasteiger partial charge in [-0.1, -0.05) is 85.0 Å². The lowest BCUT2D eigenvalue weighted by Gasteiger charge is -2.24. The summed E-state index contributed by atoms with van der Waals surface area (Å²) in [6.45, 7) is 7.80. The van der Waals surface area contributed by atoms with Gasteiger partial charge in [-0.2, -0.15) is 0 Å².